The van der Waals surface area contributed by atoms with Crippen molar-refractivity contribution in [2.75, 3.05) is 0 Å². The van der Waals surface area contributed by atoms with Gasteiger partial charge < -0.3 is 4.42 Å². The Labute approximate surface area is 270 Å². The lowest BCUT2D eigenvalue weighted by molar-refractivity contribution is 0.669. The third-order valence-electron chi connectivity index (χ3n) is 8.63. The highest BCUT2D eigenvalue weighted by molar-refractivity contribution is 6.13. The first-order valence-corrected chi connectivity index (χ1v) is 15.6. The standard InChI is InChI=1S/C42H26N4O/c1-3-12-27(13-4-1)40-44-41(28-14-5-2-6-15-28)46-42(45-40)37-25-30(24-36-35-19-9-10-20-38(35)47-39(36)37)32-22-21-31(29-16-11-23-43-26-29)33-17-7-8-18-34(32)33/h1-26H. The molecule has 0 spiro atoms. The van der Waals surface area contributed by atoms with Crippen molar-refractivity contribution in [1.29, 1.82) is 0 Å². The Bertz CT molecular complexity index is 2500. The summed E-state index contributed by atoms with van der Waals surface area (Å²) in [6.07, 6.45) is 3.72. The van der Waals surface area contributed by atoms with Crippen molar-refractivity contribution < 1.29 is 4.42 Å². The molecule has 9 aromatic rings. The van der Waals surface area contributed by atoms with E-state index in [2.05, 4.69) is 65.6 Å². The van der Waals surface area contributed by atoms with Gasteiger partial charge in [-0.05, 0) is 51.7 Å². The number of fused-ring (bicyclic) bond motifs is 4. The van der Waals surface area contributed by atoms with Crippen LogP contribution in [0.5, 0.6) is 0 Å². The monoisotopic (exact) mass is 602 g/mol. The van der Waals surface area contributed by atoms with Gasteiger partial charge in [-0.25, -0.2) is 15.0 Å². The van der Waals surface area contributed by atoms with Crippen molar-refractivity contribution in [3.05, 3.63) is 158 Å². The first kappa shape index (κ1) is 26.9. The highest BCUT2D eigenvalue weighted by Crippen LogP contribution is 2.42. The smallest absolute Gasteiger partial charge is 0.167 e. The zero-order valence-electron chi connectivity index (χ0n) is 25.2. The number of rotatable bonds is 5. The normalized spacial score (nSPS) is 11.4. The Morgan fingerprint density at radius 3 is 1.57 bits per heavy atom. The summed E-state index contributed by atoms with van der Waals surface area (Å²) >= 11 is 0. The number of pyridine rings is 1. The average molecular weight is 603 g/mol. The molecule has 3 heterocycles. The minimum Gasteiger partial charge on any atom is -0.455 e. The van der Waals surface area contributed by atoms with Crippen LogP contribution >= 0.6 is 0 Å². The van der Waals surface area contributed by atoms with Gasteiger partial charge in [0, 0.05) is 39.9 Å². The first-order chi connectivity index (χ1) is 23.3. The van der Waals surface area contributed by atoms with E-state index in [-0.39, 0.29) is 0 Å². The third kappa shape index (κ3) is 4.73. The van der Waals surface area contributed by atoms with Gasteiger partial charge in [-0.3, -0.25) is 4.98 Å². The lowest BCUT2D eigenvalue weighted by Gasteiger charge is -2.14. The number of aromatic nitrogens is 4. The Balaban J connectivity index is 1.34. The summed E-state index contributed by atoms with van der Waals surface area (Å²) in [5, 5.41) is 4.37. The minimum atomic E-state index is 0.555. The van der Waals surface area contributed by atoms with E-state index in [1.807, 2.05) is 91.1 Å². The molecule has 0 atom stereocenters. The van der Waals surface area contributed by atoms with Crippen molar-refractivity contribution in [2.45, 2.75) is 0 Å². The van der Waals surface area contributed by atoms with Crippen molar-refractivity contribution >= 4 is 32.7 Å². The number of para-hydroxylation sites is 1. The van der Waals surface area contributed by atoms with Crippen LogP contribution in [0.25, 0.3) is 89.1 Å². The number of furan rings is 1. The molecule has 0 fully saturated rings. The largest absolute Gasteiger partial charge is 0.455 e. The molecule has 0 saturated carbocycles. The van der Waals surface area contributed by atoms with Gasteiger partial charge in [0.05, 0.1) is 5.56 Å². The second kappa shape index (κ2) is 11.2. The fourth-order valence-electron chi connectivity index (χ4n) is 6.40. The van der Waals surface area contributed by atoms with E-state index in [1.165, 1.54) is 0 Å². The maximum atomic E-state index is 6.58. The number of hydrogen-bond acceptors (Lipinski definition) is 5. The van der Waals surface area contributed by atoms with Gasteiger partial charge in [0.25, 0.3) is 0 Å². The number of nitrogens with zero attached hydrogens (tertiary/aromatic N) is 4. The number of hydrogen-bond donors (Lipinski definition) is 0. The summed E-state index contributed by atoms with van der Waals surface area (Å²) in [6, 6.07) is 49.7. The van der Waals surface area contributed by atoms with E-state index in [1.54, 1.807) is 6.20 Å². The molecular formula is C42H26N4O. The molecular weight excluding hydrogens is 576 g/mol. The molecule has 220 valence electrons. The Kier molecular flexibility index (Phi) is 6.39. The fourth-order valence-corrected chi connectivity index (χ4v) is 6.40. The fraction of sp³-hybridized carbons (Fsp3) is 0. The van der Waals surface area contributed by atoms with Crippen molar-refractivity contribution in [3.63, 3.8) is 0 Å². The van der Waals surface area contributed by atoms with Gasteiger partial charge >= 0.3 is 0 Å². The molecule has 0 unspecified atom stereocenters. The summed E-state index contributed by atoms with van der Waals surface area (Å²) in [4.78, 5) is 19.5. The lowest BCUT2D eigenvalue weighted by atomic mass is 9.91. The lowest BCUT2D eigenvalue weighted by Crippen LogP contribution is -2.00. The highest BCUT2D eigenvalue weighted by Gasteiger charge is 2.20. The molecule has 47 heavy (non-hydrogen) atoms. The maximum absolute atomic E-state index is 6.58. The van der Waals surface area contributed by atoms with Gasteiger partial charge in [0.1, 0.15) is 11.2 Å². The first-order valence-electron chi connectivity index (χ1n) is 15.6. The summed E-state index contributed by atoms with van der Waals surface area (Å²) in [5.74, 6) is 1.77. The maximum Gasteiger partial charge on any atom is 0.167 e. The second-order valence-electron chi connectivity index (χ2n) is 11.5. The molecule has 0 amide bonds. The van der Waals surface area contributed by atoms with Gasteiger partial charge in [-0.15, -0.1) is 0 Å². The van der Waals surface area contributed by atoms with E-state index in [4.69, 9.17) is 19.4 Å². The molecule has 0 saturated heterocycles. The van der Waals surface area contributed by atoms with E-state index < -0.39 is 0 Å². The van der Waals surface area contributed by atoms with E-state index in [0.717, 1.165) is 71.7 Å². The molecule has 0 N–H and O–H groups in total. The summed E-state index contributed by atoms with van der Waals surface area (Å²) in [5.41, 5.74) is 8.60. The Morgan fingerprint density at radius 1 is 0.383 bits per heavy atom. The van der Waals surface area contributed by atoms with Crippen LogP contribution in [0.3, 0.4) is 0 Å². The topological polar surface area (TPSA) is 64.7 Å². The third-order valence-corrected chi connectivity index (χ3v) is 8.63. The minimum absolute atomic E-state index is 0.555. The van der Waals surface area contributed by atoms with Gasteiger partial charge in [-0.1, -0.05) is 121 Å². The second-order valence-corrected chi connectivity index (χ2v) is 11.5. The van der Waals surface area contributed by atoms with E-state index in [0.29, 0.717) is 17.5 Å². The van der Waals surface area contributed by atoms with Gasteiger partial charge in [-0.2, -0.15) is 0 Å². The quantitative estimate of drug-likeness (QED) is 0.196. The van der Waals surface area contributed by atoms with Crippen LogP contribution in [0.4, 0.5) is 0 Å². The summed E-state index contributed by atoms with van der Waals surface area (Å²) in [6.45, 7) is 0. The molecule has 0 aliphatic heterocycles. The van der Waals surface area contributed by atoms with Crippen LogP contribution in [0.1, 0.15) is 0 Å². The molecule has 0 bridgehead atoms. The van der Waals surface area contributed by atoms with Crippen molar-refractivity contribution in [1.82, 2.24) is 19.9 Å². The van der Waals surface area contributed by atoms with Crippen LogP contribution in [0, 0.1) is 0 Å². The summed E-state index contributed by atoms with van der Waals surface area (Å²) < 4.78 is 6.58. The SMILES string of the molecule is c1ccc(-c2nc(-c3ccccc3)nc(-c3cc(-c4ccc(-c5cccnc5)c5ccccc45)cc4c3oc3ccccc34)n2)cc1. The molecule has 0 aliphatic carbocycles. The highest BCUT2D eigenvalue weighted by atomic mass is 16.3. The van der Waals surface area contributed by atoms with Gasteiger partial charge in [0.2, 0.25) is 0 Å². The summed E-state index contributed by atoms with van der Waals surface area (Å²) in [7, 11) is 0. The predicted octanol–water partition coefficient (Wildman–Crippen LogP) is 10.7. The Hall–Kier alpha value is -6.46. The Morgan fingerprint density at radius 2 is 0.936 bits per heavy atom. The zero-order chi connectivity index (χ0) is 31.2. The molecule has 5 heteroatoms. The van der Waals surface area contributed by atoms with E-state index >= 15 is 0 Å². The van der Waals surface area contributed by atoms with Gasteiger partial charge in [0.15, 0.2) is 17.5 Å². The molecule has 5 nitrogen and oxygen atoms in total. The van der Waals surface area contributed by atoms with Crippen LogP contribution < -0.4 is 0 Å². The molecule has 9 rings (SSSR count). The predicted molar refractivity (Wildman–Crippen MR) is 190 cm³/mol. The molecule has 0 aliphatic rings. The molecule has 3 aromatic heterocycles. The number of benzene rings is 6. The average Bonchev–Trinajstić information content (AvgIpc) is 3.53. The van der Waals surface area contributed by atoms with Crippen LogP contribution in [-0.2, 0) is 0 Å². The van der Waals surface area contributed by atoms with Crippen LogP contribution in [0.15, 0.2) is 162 Å². The van der Waals surface area contributed by atoms with E-state index in [9.17, 15) is 0 Å². The molecule has 0 radical (unpaired) electrons. The van der Waals surface area contributed by atoms with Crippen LogP contribution in [0.2, 0.25) is 0 Å². The van der Waals surface area contributed by atoms with Crippen molar-refractivity contribution in [2.24, 2.45) is 0 Å². The zero-order valence-corrected chi connectivity index (χ0v) is 25.2. The van der Waals surface area contributed by atoms with Crippen LogP contribution in [-0.4, -0.2) is 19.9 Å². The van der Waals surface area contributed by atoms with Crippen molar-refractivity contribution in [3.8, 4) is 56.4 Å². The molecule has 6 aromatic carbocycles.